The van der Waals surface area contributed by atoms with E-state index in [1.165, 1.54) is 47.8 Å². The molecule has 0 bridgehead atoms. The van der Waals surface area contributed by atoms with Crippen LogP contribution in [0.3, 0.4) is 0 Å². The second kappa shape index (κ2) is 12.7. The third-order valence-electron chi connectivity index (χ3n) is 6.91. The summed E-state index contributed by atoms with van der Waals surface area (Å²) < 4.78 is 54.8. The molecule has 208 valence electrons. The van der Waals surface area contributed by atoms with Crippen molar-refractivity contribution in [3.63, 3.8) is 0 Å². The molecular weight excluding hydrogens is 604 g/mol. The van der Waals surface area contributed by atoms with Crippen molar-refractivity contribution < 1.29 is 56.8 Å². The van der Waals surface area contributed by atoms with Gasteiger partial charge in [-0.2, -0.15) is 0 Å². The Kier molecular flexibility index (Phi) is 9.45. The molecule has 2 heterocycles. The quantitative estimate of drug-likeness (QED) is 0.187. The van der Waals surface area contributed by atoms with Crippen molar-refractivity contribution in [1.82, 2.24) is 0 Å². The van der Waals surface area contributed by atoms with Crippen LogP contribution in [0.15, 0.2) is 92.4 Å². The topological polar surface area (TPSA) is 58.6 Å². The van der Waals surface area contributed by atoms with E-state index in [1.807, 2.05) is 38.1 Å². The SMILES string of the molecule is CCc1cccc2c1Sc1cccc(F)c1C=C2OP(=O)([O-])OC1=Cc2c(F)cccc2Sc2c(CC)cccc21.[Na+]. The van der Waals surface area contributed by atoms with Gasteiger partial charge in [0, 0.05) is 41.8 Å². The minimum Gasteiger partial charge on any atom is -0.736 e. The fourth-order valence-electron chi connectivity index (χ4n) is 4.90. The summed E-state index contributed by atoms with van der Waals surface area (Å²) in [5.74, 6) is -1.11. The number of halogens is 2. The van der Waals surface area contributed by atoms with Crippen LogP contribution in [-0.4, -0.2) is 0 Å². The summed E-state index contributed by atoms with van der Waals surface area (Å²) in [5.41, 5.74) is 3.42. The van der Waals surface area contributed by atoms with E-state index in [4.69, 9.17) is 9.05 Å². The molecule has 0 amide bonds. The summed E-state index contributed by atoms with van der Waals surface area (Å²) in [7, 11) is -5.13. The van der Waals surface area contributed by atoms with E-state index >= 15 is 0 Å². The molecule has 0 saturated carbocycles. The van der Waals surface area contributed by atoms with Gasteiger partial charge in [-0.25, -0.2) is 13.3 Å². The van der Waals surface area contributed by atoms with Crippen molar-refractivity contribution in [3.8, 4) is 0 Å². The molecule has 6 rings (SSSR count). The van der Waals surface area contributed by atoms with Gasteiger partial charge in [0.05, 0.1) is 0 Å². The monoisotopic (exact) mass is 628 g/mol. The second-order valence-corrected chi connectivity index (χ2v) is 12.8. The van der Waals surface area contributed by atoms with Crippen molar-refractivity contribution in [2.45, 2.75) is 46.3 Å². The Hall–Kier alpha value is -2.29. The summed E-state index contributed by atoms with van der Waals surface area (Å²) in [4.78, 5) is 16.5. The first-order valence-electron chi connectivity index (χ1n) is 13.1. The fourth-order valence-corrected chi connectivity index (χ4v) is 8.23. The molecule has 0 N–H and O–H groups in total. The molecule has 2 aliphatic heterocycles. The van der Waals surface area contributed by atoms with E-state index in [0.29, 0.717) is 33.8 Å². The average Bonchev–Trinajstić information content (AvgIpc) is 3.21. The van der Waals surface area contributed by atoms with Crippen LogP contribution in [0.1, 0.15) is 47.2 Å². The van der Waals surface area contributed by atoms with E-state index in [9.17, 15) is 18.2 Å². The maximum absolute atomic E-state index is 15.0. The van der Waals surface area contributed by atoms with Crippen LogP contribution in [0.25, 0.3) is 23.7 Å². The molecule has 0 unspecified atom stereocenters. The maximum Gasteiger partial charge on any atom is 1.00 e. The Morgan fingerprint density at radius 2 is 1.10 bits per heavy atom. The van der Waals surface area contributed by atoms with E-state index in [2.05, 4.69) is 0 Å². The first kappa shape index (κ1) is 31.1. The minimum atomic E-state index is -5.13. The zero-order valence-corrected chi connectivity index (χ0v) is 27.7. The molecule has 0 fully saturated rings. The molecule has 0 aliphatic carbocycles. The zero-order valence-electron chi connectivity index (χ0n) is 23.1. The molecule has 4 aromatic rings. The van der Waals surface area contributed by atoms with Gasteiger partial charge in [0.25, 0.3) is 0 Å². The van der Waals surface area contributed by atoms with Crippen molar-refractivity contribution in [2.24, 2.45) is 0 Å². The Balaban J connectivity index is 0.00000353. The van der Waals surface area contributed by atoms with Crippen LogP contribution < -0.4 is 34.5 Å². The number of benzene rings is 4. The summed E-state index contributed by atoms with van der Waals surface area (Å²) in [5, 5.41) is 0. The summed E-state index contributed by atoms with van der Waals surface area (Å²) >= 11 is 2.73. The Labute approximate surface area is 274 Å². The third kappa shape index (κ3) is 6.04. The summed E-state index contributed by atoms with van der Waals surface area (Å²) in [6.45, 7) is 3.99. The van der Waals surface area contributed by atoms with Gasteiger partial charge in [0.1, 0.15) is 23.2 Å². The van der Waals surface area contributed by atoms with Gasteiger partial charge < -0.3 is 13.9 Å². The van der Waals surface area contributed by atoms with Crippen molar-refractivity contribution in [2.75, 3.05) is 0 Å². The number of hydrogen-bond acceptors (Lipinski definition) is 6. The predicted molar refractivity (Wildman–Crippen MR) is 158 cm³/mol. The van der Waals surface area contributed by atoms with Crippen LogP contribution in [0.5, 0.6) is 0 Å². The molecule has 2 aliphatic rings. The normalized spacial score (nSPS) is 13.5. The minimum absolute atomic E-state index is 0. The van der Waals surface area contributed by atoms with Crippen molar-refractivity contribution in [3.05, 3.63) is 118 Å². The largest absolute Gasteiger partial charge is 1.00 e. The molecule has 0 radical (unpaired) electrons. The van der Waals surface area contributed by atoms with Gasteiger partial charge in [-0.05, 0) is 60.4 Å². The van der Waals surface area contributed by atoms with Crippen molar-refractivity contribution >= 4 is 55.0 Å². The van der Waals surface area contributed by atoms with Gasteiger partial charge in [-0.1, -0.05) is 85.9 Å². The molecular formula is C32H24F2NaO4PS2. The third-order valence-corrected chi connectivity index (χ3v) is 10.3. The first-order chi connectivity index (χ1) is 19.8. The number of hydrogen-bond donors (Lipinski definition) is 0. The van der Waals surface area contributed by atoms with Crippen LogP contribution in [0, 0.1) is 11.6 Å². The van der Waals surface area contributed by atoms with Gasteiger partial charge in [-0.15, -0.1) is 0 Å². The predicted octanol–water partition coefficient (Wildman–Crippen LogP) is 6.22. The number of phosphoric acid groups is 1. The van der Waals surface area contributed by atoms with Gasteiger partial charge in [-0.3, -0.25) is 0 Å². The van der Waals surface area contributed by atoms with Gasteiger partial charge in [0.2, 0.25) is 0 Å². The Morgan fingerprint density at radius 1 is 0.690 bits per heavy atom. The fraction of sp³-hybridized carbons (Fsp3) is 0.125. The van der Waals surface area contributed by atoms with Gasteiger partial charge in [0.15, 0.2) is 0 Å². The Morgan fingerprint density at radius 3 is 1.50 bits per heavy atom. The van der Waals surface area contributed by atoms with E-state index < -0.39 is 19.5 Å². The summed E-state index contributed by atoms with van der Waals surface area (Å²) in [6, 6.07) is 20.4. The van der Waals surface area contributed by atoms with E-state index in [0.717, 1.165) is 20.9 Å². The van der Waals surface area contributed by atoms with E-state index in [1.54, 1.807) is 36.4 Å². The number of rotatable bonds is 6. The maximum atomic E-state index is 15.0. The molecule has 4 nitrogen and oxygen atoms in total. The molecule has 0 spiro atoms. The molecule has 0 aromatic heterocycles. The van der Waals surface area contributed by atoms with E-state index in [-0.39, 0.29) is 52.2 Å². The summed E-state index contributed by atoms with van der Waals surface area (Å²) in [6.07, 6.45) is 4.16. The molecule has 0 atom stereocenters. The van der Waals surface area contributed by atoms with Crippen molar-refractivity contribution in [1.29, 1.82) is 0 Å². The average molecular weight is 629 g/mol. The van der Waals surface area contributed by atoms with Crippen LogP contribution in [-0.2, 0) is 26.5 Å². The number of fused-ring (bicyclic) bond motifs is 4. The van der Waals surface area contributed by atoms with Crippen LogP contribution >= 0.6 is 31.3 Å². The molecule has 4 aromatic carbocycles. The number of aryl methyl sites for hydroxylation is 2. The Bertz CT molecular complexity index is 1680. The number of phosphoric ester groups is 1. The second-order valence-electron chi connectivity index (χ2n) is 9.45. The smallest absolute Gasteiger partial charge is 0.736 e. The van der Waals surface area contributed by atoms with Crippen LogP contribution in [0.4, 0.5) is 8.78 Å². The molecule has 10 heteroatoms. The van der Waals surface area contributed by atoms with Gasteiger partial charge >= 0.3 is 37.4 Å². The molecule has 0 saturated heterocycles. The standard InChI is InChI=1S/C32H25F2O4PS2.Na/c1-3-19-9-5-11-21-27(17-23-25(33)13-7-15-29(23)40-31(19)21)37-39(35,36)38-28-18-24-26(34)14-8-16-30(24)41-32-20(4-2)10-6-12-22(28)32;/h5-18H,3-4H2,1-2H3,(H,35,36);/q;+1/p-1. The van der Waals surface area contributed by atoms with Crippen LogP contribution in [0.2, 0.25) is 0 Å². The zero-order chi connectivity index (χ0) is 28.7. The molecule has 42 heavy (non-hydrogen) atoms. The first-order valence-corrected chi connectivity index (χ1v) is 16.2.